The van der Waals surface area contributed by atoms with Crippen LogP contribution in [0.25, 0.3) is 0 Å². The average molecular weight is 917 g/mol. The number of ether oxygens (including phenoxy) is 1. The van der Waals surface area contributed by atoms with Crippen molar-refractivity contribution in [2.45, 2.75) is 51.3 Å². The Bertz CT molecular complexity index is 2530. The summed E-state index contributed by atoms with van der Waals surface area (Å²) in [6.45, 7) is 3.38. The topological polar surface area (TPSA) is 188 Å². The number of halogens is 7. The van der Waals surface area contributed by atoms with Crippen molar-refractivity contribution in [2.75, 3.05) is 30.1 Å². The first kappa shape index (κ1) is 46.3. The molecule has 5 aromatic rings. The lowest BCUT2D eigenvalue weighted by atomic mass is 10.0. The van der Waals surface area contributed by atoms with E-state index in [1.54, 1.807) is 12.4 Å². The van der Waals surface area contributed by atoms with Gasteiger partial charge in [-0.2, -0.15) is 13.9 Å². The summed E-state index contributed by atoms with van der Waals surface area (Å²) < 4.78 is 110. The minimum Gasteiger partial charge on any atom is -0.591 e. The fourth-order valence-electron chi connectivity index (χ4n) is 7.25. The summed E-state index contributed by atoms with van der Waals surface area (Å²) in [7, 11) is 1.47. The first-order chi connectivity index (χ1) is 29.9. The van der Waals surface area contributed by atoms with Gasteiger partial charge in [0.15, 0.2) is 5.84 Å². The van der Waals surface area contributed by atoms with Gasteiger partial charge in [0.2, 0.25) is 5.91 Å². The third-order valence-electron chi connectivity index (χ3n) is 9.99. The second-order valence-corrected chi connectivity index (χ2v) is 15.8. The summed E-state index contributed by atoms with van der Waals surface area (Å²) in [6, 6.07) is 8.44. The number of anilines is 2. The van der Waals surface area contributed by atoms with Crippen LogP contribution in [-0.2, 0) is 48.1 Å². The van der Waals surface area contributed by atoms with Crippen LogP contribution in [0.5, 0.6) is 5.75 Å². The molecule has 2 unspecified atom stereocenters. The summed E-state index contributed by atoms with van der Waals surface area (Å²) >= 11 is 4.79. The summed E-state index contributed by atoms with van der Waals surface area (Å²) in [6.07, 6.45) is 1.75. The first-order valence-electron chi connectivity index (χ1n) is 18.9. The van der Waals surface area contributed by atoms with Crippen LogP contribution in [0, 0.1) is 17.6 Å². The maximum atomic E-state index is 15.4. The second-order valence-electron chi connectivity index (χ2n) is 14.4. The first-order valence-corrected chi connectivity index (χ1v) is 20.8. The van der Waals surface area contributed by atoms with E-state index in [4.69, 9.17) is 22.1 Å². The number of nitrogens with two attached hydrogens (primary N) is 1. The van der Waals surface area contributed by atoms with Crippen LogP contribution in [-0.4, -0.2) is 74.6 Å². The van der Waals surface area contributed by atoms with Crippen molar-refractivity contribution >= 4 is 64.4 Å². The van der Waals surface area contributed by atoms with Crippen molar-refractivity contribution < 1.29 is 45.2 Å². The van der Waals surface area contributed by atoms with E-state index in [0.29, 0.717) is 16.3 Å². The van der Waals surface area contributed by atoms with Crippen molar-refractivity contribution in [1.29, 1.82) is 0 Å². The third kappa shape index (κ3) is 10.4. The molecule has 22 heteroatoms. The minimum atomic E-state index is -3.60. The van der Waals surface area contributed by atoms with E-state index in [9.17, 15) is 26.9 Å². The van der Waals surface area contributed by atoms with Gasteiger partial charge in [0.25, 0.3) is 18.3 Å². The molecular weight excluding hydrogens is 878 g/mol. The Kier molecular flexibility index (Phi) is 14.3. The SMILES string of the molecule is C=Nc1cc(OCc2cncnc2)ccc1C(=O)N(CC(Cc1cc(F)cc(F)c1)NC(=O)Cn1nc(C(F)F)c2c1C(F)(F)[C@@H](C)C2)c1ccc(Cl)c(C(N)=N[S+](C)[O-])c1NC. The molecule has 0 bridgehead atoms. The fraction of sp³-hybridized carbons (Fsp3) is 0.293. The number of carbonyl (C=O) groups is 2. The van der Waals surface area contributed by atoms with Crippen molar-refractivity contribution in [3.8, 4) is 5.75 Å². The Morgan fingerprint density at radius 2 is 1.83 bits per heavy atom. The standard InChI is InChI=1S/C41H39ClF6N10O4S/c1-21-9-29-35(38(45)46)55-58(37(29)41(21,47)48)18-33(59)54-26(12-22-10-24(43)13-25(44)11-22)17-57(32-8-7-30(42)34(36(32)51-3)39(49)56-63(4)61)40(60)28-6-5-27(14-31(28)50-2)62-19-23-15-52-20-53-16-23/h5-8,10-11,13-16,20-21,26,38,51H,2,9,12,17-19H2,1,3-4H3,(H2,49,56)(H,54,59)/t21-,26?,63?/m0/s1. The number of aliphatic imine (C=N–C) groups is 1. The molecular formula is C41H39ClF6N10O4S. The molecule has 1 aliphatic carbocycles. The van der Waals surface area contributed by atoms with E-state index in [0.717, 1.165) is 17.0 Å². The second kappa shape index (κ2) is 19.5. The van der Waals surface area contributed by atoms with E-state index < -0.39 is 90.0 Å². The normalized spacial score (nSPS) is 15.4. The zero-order chi connectivity index (χ0) is 45.7. The smallest absolute Gasteiger partial charge is 0.292 e. The van der Waals surface area contributed by atoms with Crippen molar-refractivity contribution in [3.05, 3.63) is 123 Å². The number of carbonyl (C=O) groups excluding carboxylic acids is 2. The molecule has 4 N–H and O–H groups in total. The lowest BCUT2D eigenvalue weighted by Gasteiger charge is -2.31. The molecule has 0 saturated carbocycles. The molecule has 3 aromatic carbocycles. The lowest BCUT2D eigenvalue weighted by molar-refractivity contribution is -0.122. The number of rotatable bonds is 17. The highest BCUT2D eigenvalue weighted by molar-refractivity contribution is 7.89. The Balaban J connectivity index is 1.45. The van der Waals surface area contributed by atoms with Crippen LogP contribution >= 0.6 is 11.6 Å². The van der Waals surface area contributed by atoms with Crippen LogP contribution < -0.4 is 26.0 Å². The van der Waals surface area contributed by atoms with Gasteiger partial charge >= 0.3 is 0 Å². The van der Waals surface area contributed by atoms with Gasteiger partial charge in [0, 0.05) is 55.2 Å². The summed E-state index contributed by atoms with van der Waals surface area (Å²) in [5.41, 5.74) is 5.02. The van der Waals surface area contributed by atoms with Gasteiger partial charge < -0.3 is 30.6 Å². The number of benzene rings is 3. The van der Waals surface area contributed by atoms with Gasteiger partial charge in [-0.25, -0.2) is 27.5 Å². The highest BCUT2D eigenvalue weighted by atomic mass is 35.5. The Hall–Kier alpha value is -6.19. The number of amidine groups is 1. The molecule has 3 atom stereocenters. The zero-order valence-corrected chi connectivity index (χ0v) is 35.3. The van der Waals surface area contributed by atoms with Crippen LogP contribution in [0.3, 0.4) is 0 Å². The van der Waals surface area contributed by atoms with E-state index in [1.807, 2.05) is 0 Å². The number of hydrogen-bond donors (Lipinski definition) is 3. The third-order valence-corrected chi connectivity index (χ3v) is 10.8. The number of nitrogens with zero attached hydrogens (tertiary/aromatic N) is 7. The van der Waals surface area contributed by atoms with Crippen molar-refractivity contribution in [3.63, 3.8) is 0 Å². The largest absolute Gasteiger partial charge is 0.591 e. The van der Waals surface area contributed by atoms with E-state index in [1.165, 1.54) is 56.9 Å². The molecule has 0 saturated heterocycles. The number of alkyl halides is 4. The van der Waals surface area contributed by atoms with Gasteiger partial charge in [-0.3, -0.25) is 19.3 Å². The molecule has 2 aromatic heterocycles. The molecule has 0 spiro atoms. The van der Waals surface area contributed by atoms with Crippen molar-refractivity contribution in [1.82, 2.24) is 25.1 Å². The van der Waals surface area contributed by atoms with Crippen LogP contribution in [0.1, 0.15) is 57.3 Å². The zero-order valence-electron chi connectivity index (χ0n) is 33.7. The fourth-order valence-corrected chi connectivity index (χ4v) is 7.88. The van der Waals surface area contributed by atoms with Gasteiger partial charge in [-0.15, -0.1) is 0 Å². The van der Waals surface area contributed by atoms with Crippen LogP contribution in [0.2, 0.25) is 5.02 Å². The summed E-state index contributed by atoms with van der Waals surface area (Å²) in [5.74, 6) is -8.68. The molecule has 332 valence electrons. The highest BCUT2D eigenvalue weighted by Gasteiger charge is 2.51. The molecule has 0 radical (unpaired) electrons. The van der Waals surface area contributed by atoms with E-state index >= 15 is 13.6 Å². The van der Waals surface area contributed by atoms with Gasteiger partial charge in [-0.1, -0.05) is 18.5 Å². The highest BCUT2D eigenvalue weighted by Crippen LogP contribution is 2.48. The van der Waals surface area contributed by atoms with E-state index in [2.05, 4.69) is 41.8 Å². The van der Waals surface area contributed by atoms with Crippen LogP contribution in [0.4, 0.5) is 43.4 Å². The summed E-state index contributed by atoms with van der Waals surface area (Å²) in [5, 5.41) is 9.30. The van der Waals surface area contributed by atoms with E-state index in [-0.39, 0.29) is 69.0 Å². The number of fused-ring (bicyclic) bond motifs is 1. The molecule has 2 heterocycles. The monoisotopic (exact) mass is 916 g/mol. The molecule has 6 rings (SSSR count). The minimum absolute atomic E-state index is 0.0109. The number of nitrogens with one attached hydrogen (secondary N) is 2. The van der Waals surface area contributed by atoms with Gasteiger partial charge in [0.1, 0.15) is 54.5 Å². The average Bonchev–Trinajstić information content (AvgIpc) is 3.70. The Morgan fingerprint density at radius 1 is 1.13 bits per heavy atom. The molecule has 1 aliphatic rings. The quantitative estimate of drug-likeness (QED) is 0.0388. The van der Waals surface area contributed by atoms with Crippen molar-refractivity contribution in [2.24, 2.45) is 21.0 Å². The molecule has 0 fully saturated rings. The van der Waals surface area contributed by atoms with Gasteiger partial charge in [0.05, 0.1) is 50.6 Å². The molecule has 63 heavy (non-hydrogen) atoms. The molecule has 2 amide bonds. The number of hydrogen-bond acceptors (Lipinski definition) is 10. The predicted octanol–water partition coefficient (Wildman–Crippen LogP) is 6.85. The van der Waals surface area contributed by atoms with Gasteiger partial charge in [-0.05, 0) is 65.9 Å². The molecule has 0 aliphatic heterocycles. The summed E-state index contributed by atoms with van der Waals surface area (Å²) in [4.78, 5) is 42.0. The Morgan fingerprint density at radius 3 is 2.46 bits per heavy atom. The van der Waals surface area contributed by atoms with Crippen LogP contribution in [0.15, 0.2) is 76.6 Å². The predicted molar refractivity (Wildman–Crippen MR) is 225 cm³/mol. The maximum Gasteiger partial charge on any atom is 0.292 e. The lowest BCUT2D eigenvalue weighted by Crippen LogP contribution is -2.48. The molecule has 14 nitrogen and oxygen atoms in total. The maximum absolute atomic E-state index is 15.4. The number of amides is 2. The Labute approximate surface area is 364 Å². The number of aromatic nitrogens is 4.